The zero-order valence-corrected chi connectivity index (χ0v) is 14.4. The Balaban J connectivity index is 1.63. The standard InChI is InChI=1S/C19H20O8/c20-14-8-6-12(10-16(14)22)26-18(24)4-2-1-3-5-19(25)27-13-7-9-15(21)17(23)11-13/h6-11,20-23H,1-5H2. The third kappa shape index (κ3) is 6.43. The third-order valence-electron chi connectivity index (χ3n) is 3.62. The third-order valence-corrected chi connectivity index (χ3v) is 3.62. The Hall–Kier alpha value is -3.42. The lowest BCUT2D eigenvalue weighted by molar-refractivity contribution is -0.134. The van der Waals surface area contributed by atoms with Crippen molar-refractivity contribution in [3.63, 3.8) is 0 Å². The quantitative estimate of drug-likeness (QED) is 0.239. The Morgan fingerprint density at radius 2 is 1.04 bits per heavy atom. The minimum atomic E-state index is -0.484. The van der Waals surface area contributed by atoms with Crippen molar-refractivity contribution in [1.29, 1.82) is 0 Å². The van der Waals surface area contributed by atoms with Gasteiger partial charge in [-0.15, -0.1) is 0 Å². The second kappa shape index (κ2) is 9.33. The number of carbonyl (C=O) groups excluding carboxylic acids is 2. The summed E-state index contributed by atoms with van der Waals surface area (Å²) in [7, 11) is 0. The molecule has 0 bridgehead atoms. The highest BCUT2D eigenvalue weighted by atomic mass is 16.5. The first kappa shape index (κ1) is 19.9. The van der Waals surface area contributed by atoms with Gasteiger partial charge in [-0.25, -0.2) is 0 Å². The maximum atomic E-state index is 11.7. The van der Waals surface area contributed by atoms with Crippen molar-refractivity contribution >= 4 is 11.9 Å². The van der Waals surface area contributed by atoms with Gasteiger partial charge in [0.1, 0.15) is 11.5 Å². The minimum absolute atomic E-state index is 0.135. The van der Waals surface area contributed by atoms with E-state index in [0.29, 0.717) is 19.3 Å². The molecule has 0 atom stereocenters. The van der Waals surface area contributed by atoms with Crippen LogP contribution in [0.4, 0.5) is 0 Å². The van der Waals surface area contributed by atoms with Crippen molar-refractivity contribution in [3.8, 4) is 34.5 Å². The van der Waals surface area contributed by atoms with Crippen LogP contribution in [0.3, 0.4) is 0 Å². The molecule has 0 aliphatic carbocycles. The van der Waals surface area contributed by atoms with Gasteiger partial charge in [0.25, 0.3) is 0 Å². The lowest BCUT2D eigenvalue weighted by Crippen LogP contribution is -2.09. The molecular formula is C19H20O8. The van der Waals surface area contributed by atoms with Crippen molar-refractivity contribution < 1.29 is 39.5 Å². The SMILES string of the molecule is O=C(CCCCCC(=O)Oc1ccc(O)c(O)c1)Oc1ccc(O)c(O)c1. The molecule has 2 rings (SSSR count). The predicted octanol–water partition coefficient (Wildman–Crippen LogP) is 2.97. The van der Waals surface area contributed by atoms with Crippen LogP contribution in [0, 0.1) is 0 Å². The highest BCUT2D eigenvalue weighted by Crippen LogP contribution is 2.29. The number of benzene rings is 2. The van der Waals surface area contributed by atoms with Gasteiger partial charge in [-0.1, -0.05) is 6.42 Å². The van der Waals surface area contributed by atoms with E-state index >= 15 is 0 Å². The fourth-order valence-electron chi connectivity index (χ4n) is 2.21. The number of aromatic hydroxyl groups is 4. The summed E-state index contributed by atoms with van der Waals surface area (Å²) in [6.45, 7) is 0. The number of ether oxygens (including phenoxy) is 2. The molecule has 0 saturated heterocycles. The lowest BCUT2D eigenvalue weighted by atomic mass is 10.1. The van der Waals surface area contributed by atoms with E-state index in [9.17, 15) is 30.0 Å². The molecule has 0 aliphatic heterocycles. The summed E-state index contributed by atoms with van der Waals surface area (Å²) in [6.07, 6.45) is 1.91. The maximum Gasteiger partial charge on any atom is 0.311 e. The van der Waals surface area contributed by atoms with Gasteiger partial charge in [-0.05, 0) is 37.1 Å². The van der Waals surface area contributed by atoms with Crippen LogP contribution in [0.25, 0.3) is 0 Å². The van der Waals surface area contributed by atoms with E-state index in [-0.39, 0.29) is 47.3 Å². The van der Waals surface area contributed by atoms with Gasteiger partial charge >= 0.3 is 11.9 Å². The summed E-state index contributed by atoms with van der Waals surface area (Å²) >= 11 is 0. The van der Waals surface area contributed by atoms with Gasteiger partial charge in [-0.3, -0.25) is 9.59 Å². The number of hydrogen-bond donors (Lipinski definition) is 4. The number of hydrogen-bond acceptors (Lipinski definition) is 8. The summed E-state index contributed by atoms with van der Waals surface area (Å²) in [4.78, 5) is 23.4. The smallest absolute Gasteiger partial charge is 0.311 e. The van der Waals surface area contributed by atoms with Crippen LogP contribution in [0.2, 0.25) is 0 Å². The summed E-state index contributed by atoms with van der Waals surface area (Å²) < 4.78 is 10.1. The molecule has 144 valence electrons. The molecule has 0 radical (unpaired) electrons. The molecule has 2 aromatic rings. The average molecular weight is 376 g/mol. The molecule has 4 N–H and O–H groups in total. The van der Waals surface area contributed by atoms with E-state index in [4.69, 9.17) is 9.47 Å². The first-order valence-corrected chi connectivity index (χ1v) is 8.30. The number of esters is 2. The molecule has 0 aliphatic rings. The van der Waals surface area contributed by atoms with Crippen molar-refractivity contribution in [3.05, 3.63) is 36.4 Å². The van der Waals surface area contributed by atoms with Crippen molar-refractivity contribution in [2.45, 2.75) is 32.1 Å². The Bertz CT molecular complexity index is 748. The maximum absolute atomic E-state index is 11.7. The van der Waals surface area contributed by atoms with Gasteiger partial charge in [0.15, 0.2) is 23.0 Å². The van der Waals surface area contributed by atoms with Crippen LogP contribution >= 0.6 is 0 Å². The Morgan fingerprint density at radius 3 is 1.41 bits per heavy atom. The molecule has 2 aromatic carbocycles. The molecule has 0 fully saturated rings. The van der Waals surface area contributed by atoms with Crippen LogP contribution < -0.4 is 9.47 Å². The van der Waals surface area contributed by atoms with E-state index in [1.165, 1.54) is 24.3 Å². The molecule has 0 saturated carbocycles. The number of phenols is 4. The van der Waals surface area contributed by atoms with E-state index in [1.807, 2.05) is 0 Å². The summed E-state index contributed by atoms with van der Waals surface area (Å²) in [6, 6.07) is 7.46. The van der Waals surface area contributed by atoms with E-state index in [2.05, 4.69) is 0 Å². The first-order valence-electron chi connectivity index (χ1n) is 8.30. The second-order valence-electron chi connectivity index (χ2n) is 5.81. The number of phenolic OH excluding ortho intramolecular Hbond substituents is 4. The van der Waals surface area contributed by atoms with Gasteiger partial charge in [-0.2, -0.15) is 0 Å². The van der Waals surface area contributed by atoms with E-state index < -0.39 is 11.9 Å². The molecule has 27 heavy (non-hydrogen) atoms. The minimum Gasteiger partial charge on any atom is -0.504 e. The molecule has 0 aromatic heterocycles. The molecule has 0 amide bonds. The van der Waals surface area contributed by atoms with Gasteiger partial charge in [0, 0.05) is 25.0 Å². The van der Waals surface area contributed by atoms with Crippen LogP contribution in [-0.4, -0.2) is 32.4 Å². The molecule has 8 heteroatoms. The van der Waals surface area contributed by atoms with E-state index in [0.717, 1.165) is 12.1 Å². The van der Waals surface area contributed by atoms with Crippen molar-refractivity contribution in [1.82, 2.24) is 0 Å². The molecule has 0 heterocycles. The zero-order chi connectivity index (χ0) is 19.8. The zero-order valence-electron chi connectivity index (χ0n) is 14.4. The Morgan fingerprint density at radius 1 is 0.630 bits per heavy atom. The monoisotopic (exact) mass is 376 g/mol. The molecule has 8 nitrogen and oxygen atoms in total. The highest BCUT2D eigenvalue weighted by Gasteiger charge is 2.10. The normalized spacial score (nSPS) is 10.4. The largest absolute Gasteiger partial charge is 0.504 e. The molecule has 0 unspecified atom stereocenters. The number of carbonyl (C=O) groups is 2. The van der Waals surface area contributed by atoms with Crippen molar-refractivity contribution in [2.75, 3.05) is 0 Å². The van der Waals surface area contributed by atoms with Crippen LogP contribution in [0.5, 0.6) is 34.5 Å². The van der Waals surface area contributed by atoms with Gasteiger partial charge in [0.2, 0.25) is 0 Å². The fraction of sp³-hybridized carbons (Fsp3) is 0.263. The van der Waals surface area contributed by atoms with Crippen molar-refractivity contribution in [2.24, 2.45) is 0 Å². The Labute approximate surface area is 155 Å². The second-order valence-corrected chi connectivity index (χ2v) is 5.81. The van der Waals surface area contributed by atoms with Crippen LogP contribution in [0.15, 0.2) is 36.4 Å². The highest BCUT2D eigenvalue weighted by molar-refractivity contribution is 5.73. The molecule has 0 spiro atoms. The van der Waals surface area contributed by atoms with E-state index in [1.54, 1.807) is 0 Å². The summed E-state index contributed by atoms with van der Waals surface area (Å²) in [5.74, 6) is -2.05. The topological polar surface area (TPSA) is 134 Å². The van der Waals surface area contributed by atoms with Gasteiger partial charge < -0.3 is 29.9 Å². The fourth-order valence-corrected chi connectivity index (χ4v) is 2.21. The number of unbranched alkanes of at least 4 members (excludes halogenated alkanes) is 2. The molecular weight excluding hydrogens is 356 g/mol. The summed E-state index contributed by atoms with van der Waals surface area (Å²) in [5.41, 5.74) is 0. The van der Waals surface area contributed by atoms with Gasteiger partial charge in [0.05, 0.1) is 0 Å². The predicted molar refractivity (Wildman–Crippen MR) is 93.9 cm³/mol. The van der Waals surface area contributed by atoms with Crippen LogP contribution in [0.1, 0.15) is 32.1 Å². The van der Waals surface area contributed by atoms with Crippen LogP contribution in [-0.2, 0) is 9.59 Å². The summed E-state index contributed by atoms with van der Waals surface area (Å²) in [5, 5.41) is 37.0. The lowest BCUT2D eigenvalue weighted by Gasteiger charge is -2.06. The first-order chi connectivity index (χ1) is 12.8. The Kier molecular flexibility index (Phi) is 6.87. The average Bonchev–Trinajstić information content (AvgIpc) is 2.61. The number of rotatable bonds is 8.